The van der Waals surface area contributed by atoms with Crippen molar-refractivity contribution in [3.8, 4) is 11.4 Å². The van der Waals surface area contributed by atoms with Crippen LogP contribution in [-0.2, 0) is 17.1 Å². The molecule has 1 unspecified atom stereocenters. The molecule has 0 amide bonds. The highest BCUT2D eigenvalue weighted by atomic mass is 35.5. The van der Waals surface area contributed by atoms with Crippen LogP contribution >= 0.6 is 34.8 Å². The van der Waals surface area contributed by atoms with Crippen molar-refractivity contribution in [2.45, 2.75) is 20.3 Å². The molecule has 1 atom stereocenters. The van der Waals surface area contributed by atoms with E-state index in [0.29, 0.717) is 28.3 Å². The van der Waals surface area contributed by atoms with E-state index in [0.717, 1.165) is 0 Å². The van der Waals surface area contributed by atoms with Gasteiger partial charge in [0.1, 0.15) is 23.1 Å². The fraction of sp³-hybridized carbons (Fsp3) is 0.333. The first-order valence-corrected chi connectivity index (χ1v) is 12.2. The molecule has 0 aliphatic carbocycles. The summed E-state index contributed by atoms with van der Waals surface area (Å²) < 4.78 is 29.3. The molecule has 0 radical (unpaired) electrons. The van der Waals surface area contributed by atoms with Gasteiger partial charge in [0, 0.05) is 30.1 Å². The first kappa shape index (κ1) is 24.8. The lowest BCUT2D eigenvalue weighted by Gasteiger charge is -2.20. The third-order valence-electron chi connectivity index (χ3n) is 4.82. The Kier molecular flexibility index (Phi) is 8.06. The van der Waals surface area contributed by atoms with E-state index in [1.165, 1.54) is 12.3 Å². The van der Waals surface area contributed by atoms with Crippen molar-refractivity contribution in [2.75, 3.05) is 19.0 Å². The minimum atomic E-state index is -2.56. The van der Waals surface area contributed by atoms with Crippen LogP contribution in [0.25, 0.3) is 16.6 Å². The Hall–Kier alpha value is -1.84. The van der Waals surface area contributed by atoms with E-state index in [2.05, 4.69) is 4.98 Å². The van der Waals surface area contributed by atoms with E-state index in [9.17, 15) is 13.2 Å². The highest BCUT2D eigenvalue weighted by molar-refractivity contribution is 7.72. The molecule has 2 heterocycles. The van der Waals surface area contributed by atoms with Crippen LogP contribution < -0.4 is 10.2 Å². The zero-order valence-corrected chi connectivity index (χ0v) is 20.4. The SMILES string of the molecule is Cc1cc(=O)c2c(CC(C)C[SH](=O)=O)ncc(Cl)c2n1-c1c(Cl)cc(OCCO)cc1Cl. The van der Waals surface area contributed by atoms with Gasteiger partial charge in [0.2, 0.25) is 0 Å². The zero-order chi connectivity index (χ0) is 23.6. The number of aliphatic hydroxyl groups is 1. The molecule has 0 saturated carbocycles. The lowest BCUT2D eigenvalue weighted by Crippen LogP contribution is -2.16. The molecule has 2 aromatic heterocycles. The molecule has 172 valence electrons. The first-order valence-electron chi connectivity index (χ1n) is 9.68. The van der Waals surface area contributed by atoms with Crippen LogP contribution in [0.3, 0.4) is 0 Å². The number of benzene rings is 1. The highest BCUT2D eigenvalue weighted by Gasteiger charge is 2.21. The van der Waals surface area contributed by atoms with Crippen LogP contribution in [0.2, 0.25) is 15.1 Å². The number of pyridine rings is 2. The molecule has 0 fully saturated rings. The Bertz CT molecular complexity index is 1280. The monoisotopic (exact) mass is 518 g/mol. The number of aliphatic hydroxyl groups excluding tert-OH is 1. The van der Waals surface area contributed by atoms with Gasteiger partial charge in [-0.15, -0.1) is 0 Å². The molecule has 3 aromatic rings. The van der Waals surface area contributed by atoms with E-state index in [-0.39, 0.29) is 57.2 Å². The van der Waals surface area contributed by atoms with E-state index in [1.54, 1.807) is 30.5 Å². The van der Waals surface area contributed by atoms with Crippen molar-refractivity contribution in [3.05, 3.63) is 61.1 Å². The second-order valence-corrected chi connectivity index (χ2v) is 9.65. The molecule has 32 heavy (non-hydrogen) atoms. The maximum atomic E-state index is 13.0. The summed E-state index contributed by atoms with van der Waals surface area (Å²) in [5.41, 5.74) is 1.50. The molecule has 1 N–H and O–H groups in total. The normalized spacial score (nSPS) is 12.5. The standard InChI is InChI=1S/C21H21Cl3N2O5S/c1-11(10-32(29)30)5-17-19-18(28)6-12(2)26(21(19)16(24)9-25-17)20-14(22)7-13(8-15(20)23)31-4-3-27/h6-9,11,27,32H,3-5,10H2,1-2H3. The molecule has 0 bridgehead atoms. The molecule has 1 aromatic carbocycles. The van der Waals surface area contributed by atoms with Gasteiger partial charge >= 0.3 is 0 Å². The Balaban J connectivity index is 2.28. The summed E-state index contributed by atoms with van der Waals surface area (Å²) in [7, 11) is -2.56. The molecule has 7 nitrogen and oxygen atoms in total. The van der Waals surface area contributed by atoms with Gasteiger partial charge < -0.3 is 14.4 Å². The van der Waals surface area contributed by atoms with Gasteiger partial charge in [-0.2, -0.15) is 0 Å². The summed E-state index contributed by atoms with van der Waals surface area (Å²) in [4.78, 5) is 17.3. The maximum absolute atomic E-state index is 13.0. The zero-order valence-electron chi connectivity index (χ0n) is 17.3. The second-order valence-electron chi connectivity index (χ2n) is 7.39. The Labute approximate surface area is 201 Å². The van der Waals surface area contributed by atoms with Crippen LogP contribution in [-0.4, -0.2) is 42.0 Å². The molecular weight excluding hydrogens is 499 g/mol. The average molecular weight is 520 g/mol. The third kappa shape index (κ3) is 5.21. The number of nitrogens with zero attached hydrogens (tertiary/aromatic N) is 2. The number of rotatable bonds is 8. The fourth-order valence-corrected chi connectivity index (χ4v) is 5.09. The number of ether oxygens (including phenoxy) is 1. The van der Waals surface area contributed by atoms with Crippen LogP contribution in [0.15, 0.2) is 29.2 Å². The molecular formula is C21H21Cl3N2O5S. The number of halogens is 3. The minimum Gasteiger partial charge on any atom is -0.491 e. The summed E-state index contributed by atoms with van der Waals surface area (Å²) in [6.45, 7) is 3.43. The van der Waals surface area contributed by atoms with Gasteiger partial charge in [0.15, 0.2) is 5.43 Å². The Morgan fingerprint density at radius 3 is 2.41 bits per heavy atom. The predicted molar refractivity (Wildman–Crippen MR) is 128 cm³/mol. The van der Waals surface area contributed by atoms with E-state index < -0.39 is 10.7 Å². The minimum absolute atomic E-state index is 0.0197. The van der Waals surface area contributed by atoms with Gasteiger partial charge in [0.05, 0.1) is 49.7 Å². The van der Waals surface area contributed by atoms with Crippen molar-refractivity contribution >= 4 is 56.4 Å². The number of aryl methyl sites for hydroxylation is 1. The number of aromatic nitrogens is 2. The maximum Gasteiger partial charge on any atom is 0.191 e. The second kappa shape index (κ2) is 10.4. The van der Waals surface area contributed by atoms with Gasteiger partial charge in [-0.1, -0.05) is 41.7 Å². The number of fused-ring (bicyclic) bond motifs is 1. The van der Waals surface area contributed by atoms with E-state index >= 15 is 0 Å². The lowest BCUT2D eigenvalue weighted by atomic mass is 10.0. The predicted octanol–water partition coefficient (Wildman–Crippen LogP) is 3.82. The number of thiol groups is 1. The first-order chi connectivity index (χ1) is 15.1. The largest absolute Gasteiger partial charge is 0.491 e. The lowest BCUT2D eigenvalue weighted by molar-refractivity contribution is 0.201. The van der Waals surface area contributed by atoms with Crippen LogP contribution in [0.5, 0.6) is 5.75 Å². The van der Waals surface area contributed by atoms with Gasteiger partial charge in [-0.3, -0.25) is 9.78 Å². The van der Waals surface area contributed by atoms with Crippen molar-refractivity contribution in [2.24, 2.45) is 5.92 Å². The topological polar surface area (TPSA) is 98.5 Å². The smallest absolute Gasteiger partial charge is 0.191 e. The number of hydrogen-bond acceptors (Lipinski definition) is 6. The van der Waals surface area contributed by atoms with Crippen molar-refractivity contribution < 1.29 is 18.3 Å². The Morgan fingerprint density at radius 2 is 1.81 bits per heavy atom. The molecule has 0 aliphatic heterocycles. The summed E-state index contributed by atoms with van der Waals surface area (Å²) in [5, 5.41) is 9.98. The fourth-order valence-electron chi connectivity index (χ4n) is 3.59. The van der Waals surface area contributed by atoms with Crippen molar-refractivity contribution in [1.82, 2.24) is 9.55 Å². The molecule has 0 aliphatic rings. The van der Waals surface area contributed by atoms with Crippen LogP contribution in [0, 0.1) is 12.8 Å². The molecule has 0 saturated heterocycles. The van der Waals surface area contributed by atoms with Gasteiger partial charge in [0.25, 0.3) is 0 Å². The van der Waals surface area contributed by atoms with E-state index in [1.807, 2.05) is 0 Å². The van der Waals surface area contributed by atoms with Crippen LogP contribution in [0.1, 0.15) is 18.3 Å². The highest BCUT2D eigenvalue weighted by Crippen LogP contribution is 2.37. The summed E-state index contributed by atoms with van der Waals surface area (Å²) in [5.74, 6) is 0.126. The Morgan fingerprint density at radius 1 is 1.16 bits per heavy atom. The third-order valence-corrected chi connectivity index (χ3v) is 6.60. The molecule has 3 rings (SSSR count). The van der Waals surface area contributed by atoms with Gasteiger partial charge in [-0.05, 0) is 19.3 Å². The molecule has 11 heteroatoms. The summed E-state index contributed by atoms with van der Waals surface area (Å²) in [6, 6.07) is 4.56. The summed E-state index contributed by atoms with van der Waals surface area (Å²) >= 11 is 19.6. The average Bonchev–Trinajstić information content (AvgIpc) is 2.69. The van der Waals surface area contributed by atoms with Crippen molar-refractivity contribution in [1.29, 1.82) is 0 Å². The van der Waals surface area contributed by atoms with E-state index in [4.69, 9.17) is 44.6 Å². The summed E-state index contributed by atoms with van der Waals surface area (Å²) in [6.07, 6.45) is 1.71. The molecule has 0 spiro atoms. The number of hydrogen-bond donors (Lipinski definition) is 2. The van der Waals surface area contributed by atoms with Crippen LogP contribution in [0.4, 0.5) is 0 Å². The van der Waals surface area contributed by atoms with Crippen molar-refractivity contribution in [3.63, 3.8) is 0 Å². The quantitative estimate of drug-likeness (QED) is 0.439. The van der Waals surface area contributed by atoms with Gasteiger partial charge in [-0.25, -0.2) is 8.42 Å².